The maximum Gasteiger partial charge on any atom is 0.283 e. The predicted molar refractivity (Wildman–Crippen MR) is 125 cm³/mol. The van der Waals surface area contributed by atoms with Gasteiger partial charge in [-0.3, -0.25) is 29.8 Å². The Labute approximate surface area is 202 Å². The third-order valence-electron chi connectivity index (χ3n) is 4.70. The molecule has 0 saturated heterocycles. The average Bonchev–Trinajstić information content (AvgIpc) is 2.81. The number of carbonyl (C=O) groups is 2. The van der Waals surface area contributed by atoms with Gasteiger partial charge >= 0.3 is 0 Å². The second-order valence-electron chi connectivity index (χ2n) is 7.02. The van der Waals surface area contributed by atoms with Gasteiger partial charge in [0.2, 0.25) is 0 Å². The lowest BCUT2D eigenvalue weighted by Crippen LogP contribution is -2.25. The van der Waals surface area contributed by atoms with E-state index >= 15 is 0 Å². The van der Waals surface area contributed by atoms with Gasteiger partial charge in [0.15, 0.2) is 0 Å². The Balaban J connectivity index is 1.65. The molecule has 0 radical (unpaired) electrons. The molecule has 3 aromatic rings. The number of amides is 2. The summed E-state index contributed by atoms with van der Waals surface area (Å²) in [6.07, 6.45) is 0. The lowest BCUT2D eigenvalue weighted by Gasteiger charge is -2.09. The number of nitrogens with zero attached hydrogens (tertiary/aromatic N) is 2. The topological polar surface area (TPSA) is 144 Å². The van der Waals surface area contributed by atoms with Gasteiger partial charge in [-0.25, -0.2) is 0 Å². The molecule has 0 aliphatic rings. The van der Waals surface area contributed by atoms with E-state index in [0.29, 0.717) is 11.1 Å². The van der Waals surface area contributed by atoms with Crippen LogP contribution in [0, 0.1) is 20.2 Å². The van der Waals surface area contributed by atoms with Crippen molar-refractivity contribution in [3.8, 4) is 0 Å². The summed E-state index contributed by atoms with van der Waals surface area (Å²) in [5.74, 6) is -1.28. The van der Waals surface area contributed by atoms with Crippen molar-refractivity contribution in [2.45, 2.75) is 13.1 Å². The fourth-order valence-corrected chi connectivity index (χ4v) is 3.43. The van der Waals surface area contributed by atoms with Gasteiger partial charge in [-0.2, -0.15) is 0 Å². The van der Waals surface area contributed by atoms with Gasteiger partial charge in [0.05, 0.1) is 9.85 Å². The number of hydrogen-bond acceptors (Lipinski definition) is 6. The number of carbonyl (C=O) groups excluding carboxylic acids is 2. The summed E-state index contributed by atoms with van der Waals surface area (Å²) < 4.78 is 0. The normalized spacial score (nSPS) is 10.4. The molecule has 0 aliphatic heterocycles. The van der Waals surface area contributed by atoms with Gasteiger partial charge in [-0.1, -0.05) is 47.5 Å². The van der Waals surface area contributed by atoms with Crippen molar-refractivity contribution in [1.82, 2.24) is 10.6 Å². The van der Waals surface area contributed by atoms with Crippen molar-refractivity contribution < 1.29 is 19.4 Å². The molecule has 12 heteroatoms. The van der Waals surface area contributed by atoms with Crippen LogP contribution < -0.4 is 10.6 Å². The van der Waals surface area contributed by atoms with Gasteiger partial charge in [-0.15, -0.1) is 0 Å². The van der Waals surface area contributed by atoms with Crippen molar-refractivity contribution in [2.24, 2.45) is 0 Å². The molecule has 0 fully saturated rings. The molecule has 174 valence electrons. The molecule has 0 bridgehead atoms. The quantitative estimate of drug-likeness (QED) is 0.338. The molecule has 3 rings (SSSR count). The molecule has 0 heterocycles. The van der Waals surface area contributed by atoms with Crippen LogP contribution in [0.15, 0.2) is 60.7 Å². The Morgan fingerprint density at radius 2 is 1.12 bits per heavy atom. The fraction of sp³-hybridized carbons (Fsp3) is 0.0909. The van der Waals surface area contributed by atoms with Crippen molar-refractivity contribution in [1.29, 1.82) is 0 Å². The smallest absolute Gasteiger partial charge is 0.283 e. The van der Waals surface area contributed by atoms with Gasteiger partial charge in [-0.05, 0) is 35.4 Å². The van der Waals surface area contributed by atoms with Crippen LogP contribution in [0.2, 0.25) is 10.0 Å². The summed E-state index contributed by atoms with van der Waals surface area (Å²) in [5, 5.41) is 27.9. The number of rotatable bonds is 8. The molecule has 10 nitrogen and oxygen atoms in total. The monoisotopic (exact) mass is 502 g/mol. The molecule has 2 amide bonds. The zero-order chi connectivity index (χ0) is 24.8. The van der Waals surface area contributed by atoms with E-state index in [2.05, 4.69) is 10.6 Å². The molecule has 0 aromatic heterocycles. The minimum absolute atomic E-state index is 0.0725. The van der Waals surface area contributed by atoms with E-state index in [0.717, 1.165) is 12.1 Å². The van der Waals surface area contributed by atoms with Crippen molar-refractivity contribution in [3.05, 3.63) is 113 Å². The summed E-state index contributed by atoms with van der Waals surface area (Å²) in [6.45, 7) is 0.145. The van der Waals surface area contributed by atoms with E-state index in [1.54, 1.807) is 24.3 Å². The first-order valence-electron chi connectivity index (χ1n) is 9.68. The van der Waals surface area contributed by atoms with Crippen LogP contribution in [0.25, 0.3) is 0 Å². The van der Waals surface area contributed by atoms with E-state index in [4.69, 9.17) is 23.2 Å². The number of nitro groups is 2. The first-order valence-corrected chi connectivity index (χ1v) is 10.4. The summed E-state index contributed by atoms with van der Waals surface area (Å²) >= 11 is 11.5. The van der Waals surface area contributed by atoms with E-state index in [1.165, 1.54) is 24.3 Å². The van der Waals surface area contributed by atoms with Crippen LogP contribution in [-0.4, -0.2) is 21.7 Å². The Hall–Kier alpha value is -4.02. The molecule has 0 unspecified atom stereocenters. The second-order valence-corrected chi connectivity index (χ2v) is 7.90. The van der Waals surface area contributed by atoms with E-state index < -0.39 is 33.0 Å². The first-order chi connectivity index (χ1) is 16.2. The highest BCUT2D eigenvalue weighted by molar-refractivity contribution is 6.31. The zero-order valence-corrected chi connectivity index (χ0v) is 18.8. The molecule has 34 heavy (non-hydrogen) atoms. The van der Waals surface area contributed by atoms with Gasteiger partial charge in [0, 0.05) is 35.3 Å². The van der Waals surface area contributed by atoms with Crippen LogP contribution in [0.5, 0.6) is 0 Å². The highest BCUT2D eigenvalue weighted by atomic mass is 35.5. The van der Waals surface area contributed by atoms with Crippen molar-refractivity contribution in [3.63, 3.8) is 0 Å². The van der Waals surface area contributed by atoms with Gasteiger partial charge < -0.3 is 10.6 Å². The van der Waals surface area contributed by atoms with Crippen LogP contribution in [0.1, 0.15) is 31.8 Å². The van der Waals surface area contributed by atoms with Crippen LogP contribution in [-0.2, 0) is 13.1 Å². The third-order valence-corrected chi connectivity index (χ3v) is 5.17. The highest BCUT2D eigenvalue weighted by Crippen LogP contribution is 2.24. The molecule has 0 atom stereocenters. The Morgan fingerprint density at radius 3 is 1.50 bits per heavy atom. The van der Waals surface area contributed by atoms with Gasteiger partial charge in [0.25, 0.3) is 23.2 Å². The lowest BCUT2D eigenvalue weighted by molar-refractivity contribution is -0.385. The molecule has 0 aliphatic carbocycles. The predicted octanol–water partition coefficient (Wildman–Crippen LogP) is 4.67. The minimum Gasteiger partial charge on any atom is -0.348 e. The average molecular weight is 503 g/mol. The maximum absolute atomic E-state index is 12.4. The molecule has 3 aromatic carbocycles. The van der Waals surface area contributed by atoms with Gasteiger partial charge in [0.1, 0.15) is 11.1 Å². The maximum atomic E-state index is 12.4. The lowest BCUT2D eigenvalue weighted by atomic mass is 10.1. The van der Waals surface area contributed by atoms with Crippen LogP contribution in [0.3, 0.4) is 0 Å². The van der Waals surface area contributed by atoms with E-state index in [1.807, 2.05) is 0 Å². The van der Waals surface area contributed by atoms with Crippen LogP contribution >= 0.6 is 23.2 Å². The molecule has 0 spiro atoms. The van der Waals surface area contributed by atoms with E-state index in [9.17, 15) is 29.8 Å². The minimum atomic E-state index is -0.685. The number of nitro benzene ring substituents is 2. The summed E-state index contributed by atoms with van der Waals surface area (Å²) in [6, 6.07) is 14.4. The number of halogens is 2. The SMILES string of the molecule is O=C(NCc1cccc(CNC(=O)c2ccc(Cl)cc2[N+](=O)[O-])c1)c1ccc(Cl)cc1[N+](=O)[O-]. The molecule has 0 saturated carbocycles. The summed E-state index contributed by atoms with van der Waals surface area (Å²) in [7, 11) is 0. The largest absolute Gasteiger partial charge is 0.348 e. The second kappa shape index (κ2) is 10.7. The van der Waals surface area contributed by atoms with Crippen molar-refractivity contribution in [2.75, 3.05) is 0 Å². The summed E-state index contributed by atoms with van der Waals surface area (Å²) in [5.41, 5.74) is 0.295. The number of hydrogen-bond donors (Lipinski definition) is 2. The molecule has 2 N–H and O–H groups in total. The van der Waals surface area contributed by atoms with Crippen LogP contribution in [0.4, 0.5) is 11.4 Å². The zero-order valence-electron chi connectivity index (χ0n) is 17.3. The standard InChI is InChI=1S/C22H16Cl2N4O6/c23-15-4-6-17(19(9-15)27(31)32)21(29)25-11-13-2-1-3-14(8-13)12-26-22(30)18-7-5-16(24)10-20(18)28(33)34/h1-10H,11-12H2,(H,25,29)(H,26,30). The Kier molecular flexibility index (Phi) is 7.77. The molecular weight excluding hydrogens is 487 g/mol. The number of nitrogens with one attached hydrogen (secondary N) is 2. The summed E-state index contributed by atoms with van der Waals surface area (Å²) in [4.78, 5) is 45.9. The van der Waals surface area contributed by atoms with E-state index in [-0.39, 0.29) is 34.3 Å². The first kappa shape index (κ1) is 24.6. The fourth-order valence-electron chi connectivity index (χ4n) is 3.10. The third kappa shape index (κ3) is 6.06. The highest BCUT2D eigenvalue weighted by Gasteiger charge is 2.21. The Bertz CT molecular complexity index is 1200. The molecular formula is C22H16Cl2N4O6. The Morgan fingerprint density at radius 1 is 0.706 bits per heavy atom. The van der Waals surface area contributed by atoms with Crippen molar-refractivity contribution >= 4 is 46.4 Å². The number of benzene rings is 3.